The molecule has 0 saturated carbocycles. The molecule has 1 aliphatic rings. The molecule has 0 bridgehead atoms. The molecular weight excluding hydrogens is 296 g/mol. The van der Waals surface area contributed by atoms with Crippen molar-refractivity contribution in [1.82, 2.24) is 4.90 Å². The van der Waals surface area contributed by atoms with Gasteiger partial charge in [0.15, 0.2) is 0 Å². The highest BCUT2D eigenvalue weighted by atomic mass is 35.5. The van der Waals surface area contributed by atoms with E-state index in [-0.39, 0.29) is 23.3 Å². The topological polar surface area (TPSA) is 72.7 Å². The van der Waals surface area contributed by atoms with Crippen LogP contribution in [0, 0.1) is 16.0 Å². The average molecular weight is 313 g/mol. The Hall–Kier alpha value is -1.66. The summed E-state index contributed by atoms with van der Waals surface area (Å²) >= 11 is 5.87. The summed E-state index contributed by atoms with van der Waals surface area (Å²) < 4.78 is 5.37. The Balaban J connectivity index is 2.28. The van der Waals surface area contributed by atoms with Gasteiger partial charge in [0.25, 0.3) is 11.6 Å². The fraction of sp³-hybridized carbons (Fsp3) is 0.500. The summed E-state index contributed by atoms with van der Waals surface area (Å²) in [5.74, 6) is -0.0217. The molecule has 0 spiro atoms. The summed E-state index contributed by atoms with van der Waals surface area (Å²) in [7, 11) is 1.61. The number of hydrogen-bond donors (Lipinski definition) is 0. The second-order valence-corrected chi connectivity index (χ2v) is 5.65. The third-order valence-corrected chi connectivity index (χ3v) is 4.10. The number of methoxy groups -OCH3 is 1. The average Bonchev–Trinajstić information content (AvgIpc) is 2.46. The molecule has 1 heterocycles. The Morgan fingerprint density at radius 1 is 1.52 bits per heavy atom. The van der Waals surface area contributed by atoms with Gasteiger partial charge in [-0.1, -0.05) is 18.5 Å². The van der Waals surface area contributed by atoms with Gasteiger partial charge in [0.05, 0.1) is 11.0 Å². The van der Waals surface area contributed by atoms with E-state index in [1.165, 1.54) is 18.2 Å². The highest BCUT2D eigenvalue weighted by Crippen LogP contribution is 2.27. The van der Waals surface area contributed by atoms with Crippen LogP contribution in [0.2, 0.25) is 5.02 Å². The number of hydrogen-bond acceptors (Lipinski definition) is 4. The van der Waals surface area contributed by atoms with Gasteiger partial charge in [-0.25, -0.2) is 0 Å². The number of piperidine rings is 1. The van der Waals surface area contributed by atoms with E-state index >= 15 is 0 Å². The van der Waals surface area contributed by atoms with Crippen LogP contribution in [0.25, 0.3) is 0 Å². The Morgan fingerprint density at radius 2 is 2.24 bits per heavy atom. The van der Waals surface area contributed by atoms with Gasteiger partial charge in [0.1, 0.15) is 5.56 Å². The van der Waals surface area contributed by atoms with Gasteiger partial charge in [-0.05, 0) is 24.5 Å². The van der Waals surface area contributed by atoms with Crippen LogP contribution < -0.4 is 0 Å². The number of halogens is 1. The SMILES string of the molecule is COC1CN(C(=O)c2cc(Cl)ccc2[N+](=O)[O-])CCC1C. The first-order chi connectivity index (χ1) is 9.93. The third kappa shape index (κ3) is 3.33. The molecular formula is C14H17ClN2O4. The van der Waals surface area contributed by atoms with Crippen molar-refractivity contribution in [3.63, 3.8) is 0 Å². The van der Waals surface area contributed by atoms with Gasteiger partial charge in [-0.2, -0.15) is 0 Å². The molecule has 114 valence electrons. The van der Waals surface area contributed by atoms with Gasteiger partial charge < -0.3 is 9.64 Å². The molecule has 21 heavy (non-hydrogen) atoms. The molecule has 1 aliphatic heterocycles. The normalized spacial score (nSPS) is 22.1. The third-order valence-electron chi connectivity index (χ3n) is 3.87. The molecule has 0 radical (unpaired) electrons. The molecule has 0 aromatic heterocycles. The number of amides is 1. The molecule has 1 aromatic carbocycles. The number of rotatable bonds is 3. The highest BCUT2D eigenvalue weighted by molar-refractivity contribution is 6.31. The molecule has 7 heteroatoms. The zero-order chi connectivity index (χ0) is 15.6. The van der Waals surface area contributed by atoms with Gasteiger partial charge in [0, 0.05) is 31.3 Å². The monoisotopic (exact) mass is 312 g/mol. The molecule has 2 unspecified atom stereocenters. The summed E-state index contributed by atoms with van der Waals surface area (Å²) in [5, 5.41) is 11.4. The van der Waals surface area contributed by atoms with Crippen molar-refractivity contribution in [3.8, 4) is 0 Å². The van der Waals surface area contributed by atoms with Gasteiger partial charge in [-0.3, -0.25) is 14.9 Å². The maximum absolute atomic E-state index is 12.6. The van der Waals surface area contributed by atoms with Crippen LogP contribution in [0.3, 0.4) is 0 Å². The Morgan fingerprint density at radius 3 is 2.86 bits per heavy atom. The van der Waals surface area contributed by atoms with Crippen LogP contribution in [0.5, 0.6) is 0 Å². The largest absolute Gasteiger partial charge is 0.379 e. The second kappa shape index (κ2) is 6.41. The lowest BCUT2D eigenvalue weighted by Gasteiger charge is -2.36. The summed E-state index contributed by atoms with van der Waals surface area (Å²) in [5.41, 5.74) is -0.200. The number of nitro groups is 1. The first kappa shape index (κ1) is 15.7. The van der Waals surface area contributed by atoms with E-state index in [9.17, 15) is 14.9 Å². The van der Waals surface area contributed by atoms with E-state index < -0.39 is 4.92 Å². The number of likely N-dealkylation sites (tertiary alicyclic amines) is 1. The van der Waals surface area contributed by atoms with Crippen LogP contribution in [0.15, 0.2) is 18.2 Å². The lowest BCUT2D eigenvalue weighted by Crippen LogP contribution is -2.46. The Bertz CT molecular complexity index is 564. The molecule has 2 atom stereocenters. The maximum atomic E-state index is 12.6. The van der Waals surface area contributed by atoms with E-state index in [0.717, 1.165) is 6.42 Å². The van der Waals surface area contributed by atoms with Crippen LogP contribution in [0.4, 0.5) is 5.69 Å². The van der Waals surface area contributed by atoms with Crippen molar-refractivity contribution >= 4 is 23.2 Å². The molecule has 1 saturated heterocycles. The van der Waals surface area contributed by atoms with Gasteiger partial charge in [-0.15, -0.1) is 0 Å². The lowest BCUT2D eigenvalue weighted by atomic mass is 9.95. The van der Waals surface area contributed by atoms with Gasteiger partial charge in [0.2, 0.25) is 0 Å². The van der Waals surface area contributed by atoms with E-state index in [0.29, 0.717) is 24.0 Å². The number of nitro benzene ring substituents is 1. The Kier molecular flexibility index (Phi) is 4.80. The van der Waals surface area contributed by atoms with E-state index in [1.807, 2.05) is 0 Å². The highest BCUT2D eigenvalue weighted by Gasteiger charge is 2.32. The number of carbonyl (C=O) groups excluding carboxylic acids is 1. The summed E-state index contributed by atoms with van der Waals surface area (Å²) in [6.45, 7) is 3.06. The smallest absolute Gasteiger partial charge is 0.282 e. The summed E-state index contributed by atoms with van der Waals surface area (Å²) in [6.07, 6.45) is 0.749. The zero-order valence-corrected chi connectivity index (χ0v) is 12.7. The quantitative estimate of drug-likeness (QED) is 0.635. The van der Waals surface area contributed by atoms with Crippen molar-refractivity contribution < 1.29 is 14.5 Å². The first-order valence-electron chi connectivity index (χ1n) is 6.70. The standard InChI is InChI=1S/C14H17ClN2O4/c1-9-5-6-16(8-13(9)21-2)14(18)11-7-10(15)3-4-12(11)17(19)20/h3-4,7,9,13H,5-6,8H2,1-2H3. The number of nitrogens with zero attached hydrogens (tertiary/aromatic N) is 2. The van der Waals surface area contributed by atoms with Crippen LogP contribution >= 0.6 is 11.6 Å². The number of carbonyl (C=O) groups is 1. The first-order valence-corrected chi connectivity index (χ1v) is 7.08. The second-order valence-electron chi connectivity index (χ2n) is 5.21. The molecule has 0 aliphatic carbocycles. The number of ether oxygens (including phenoxy) is 1. The fourth-order valence-electron chi connectivity index (χ4n) is 2.53. The molecule has 1 fully saturated rings. The van der Waals surface area contributed by atoms with E-state index in [4.69, 9.17) is 16.3 Å². The fourth-order valence-corrected chi connectivity index (χ4v) is 2.71. The van der Waals surface area contributed by atoms with E-state index in [2.05, 4.69) is 6.92 Å². The molecule has 2 rings (SSSR count). The summed E-state index contributed by atoms with van der Waals surface area (Å²) in [4.78, 5) is 24.6. The zero-order valence-electron chi connectivity index (χ0n) is 11.9. The van der Waals surface area contributed by atoms with Crippen molar-refractivity contribution in [2.75, 3.05) is 20.2 Å². The summed E-state index contributed by atoms with van der Waals surface area (Å²) in [6, 6.07) is 4.02. The van der Waals surface area contributed by atoms with Gasteiger partial charge >= 0.3 is 0 Å². The molecule has 1 aromatic rings. The molecule has 1 amide bonds. The van der Waals surface area contributed by atoms with Crippen molar-refractivity contribution in [2.45, 2.75) is 19.4 Å². The number of benzene rings is 1. The van der Waals surface area contributed by atoms with Crippen LogP contribution in [-0.2, 0) is 4.74 Å². The minimum absolute atomic E-state index is 0.0249. The van der Waals surface area contributed by atoms with Crippen molar-refractivity contribution in [1.29, 1.82) is 0 Å². The van der Waals surface area contributed by atoms with E-state index in [1.54, 1.807) is 12.0 Å². The minimum atomic E-state index is -0.566. The molecule has 6 nitrogen and oxygen atoms in total. The van der Waals surface area contributed by atoms with Crippen molar-refractivity contribution in [2.24, 2.45) is 5.92 Å². The van der Waals surface area contributed by atoms with Crippen LogP contribution in [0.1, 0.15) is 23.7 Å². The Labute approximate surface area is 127 Å². The minimum Gasteiger partial charge on any atom is -0.379 e. The maximum Gasteiger partial charge on any atom is 0.282 e. The lowest BCUT2D eigenvalue weighted by molar-refractivity contribution is -0.385. The molecule has 0 N–H and O–H groups in total. The predicted octanol–water partition coefficient (Wildman–Crippen LogP) is 2.75. The van der Waals surface area contributed by atoms with Crippen LogP contribution in [-0.4, -0.2) is 42.0 Å². The predicted molar refractivity (Wildman–Crippen MR) is 78.6 cm³/mol. The van der Waals surface area contributed by atoms with Crippen molar-refractivity contribution in [3.05, 3.63) is 38.9 Å².